The van der Waals surface area contributed by atoms with Crippen LogP contribution in [0.2, 0.25) is 0 Å². The molecule has 3 N–H and O–H groups in total. The lowest BCUT2D eigenvalue weighted by Gasteiger charge is -2.34. The zero-order valence-electron chi connectivity index (χ0n) is 18.7. The van der Waals surface area contributed by atoms with Crippen molar-refractivity contribution in [2.45, 2.75) is 32.4 Å². The van der Waals surface area contributed by atoms with Gasteiger partial charge in [0.05, 0.1) is 25.7 Å². The summed E-state index contributed by atoms with van der Waals surface area (Å²) < 4.78 is -0.134. The molecule has 3 rings (SSSR count). The van der Waals surface area contributed by atoms with Crippen molar-refractivity contribution < 1.29 is 19.8 Å². The number of quaternary nitrogens is 1. The van der Waals surface area contributed by atoms with Gasteiger partial charge in [0, 0.05) is 12.6 Å². The van der Waals surface area contributed by atoms with E-state index in [2.05, 4.69) is 10.3 Å². The molecule has 32 heavy (non-hydrogen) atoms. The molecule has 0 bridgehead atoms. The number of aliphatic imine (C=N–C) groups is 1. The van der Waals surface area contributed by atoms with Gasteiger partial charge in [-0.1, -0.05) is 56.3 Å². The first-order valence-corrected chi connectivity index (χ1v) is 10.7. The van der Waals surface area contributed by atoms with Gasteiger partial charge in [0.15, 0.2) is 5.69 Å². The van der Waals surface area contributed by atoms with Crippen LogP contribution >= 0.6 is 0 Å². The Morgan fingerprint density at radius 2 is 1.72 bits per heavy atom. The second-order valence-electron chi connectivity index (χ2n) is 8.70. The fourth-order valence-corrected chi connectivity index (χ4v) is 3.99. The van der Waals surface area contributed by atoms with Gasteiger partial charge >= 0.3 is 12.1 Å². The highest BCUT2D eigenvalue weighted by molar-refractivity contribution is 6.07. The van der Waals surface area contributed by atoms with Crippen LogP contribution in [0.1, 0.15) is 19.4 Å². The number of carboxylic acid groups (broad SMARTS) is 1. The minimum Gasteiger partial charge on any atom is -0.465 e. The van der Waals surface area contributed by atoms with Crippen molar-refractivity contribution in [1.29, 1.82) is 0 Å². The van der Waals surface area contributed by atoms with Crippen LogP contribution in [0.15, 0.2) is 59.6 Å². The second-order valence-corrected chi connectivity index (χ2v) is 8.70. The summed E-state index contributed by atoms with van der Waals surface area (Å²) in [6.07, 6.45) is -0.389. The van der Waals surface area contributed by atoms with Crippen LogP contribution in [0.25, 0.3) is 0 Å². The average molecular weight is 440 g/mol. The molecule has 0 saturated heterocycles. The number of nitrogens with one attached hydrogen (secondary N) is 1. The van der Waals surface area contributed by atoms with E-state index >= 15 is 0 Å². The van der Waals surface area contributed by atoms with Crippen LogP contribution in [0.3, 0.4) is 0 Å². The molecule has 170 valence electrons. The lowest BCUT2D eigenvalue weighted by atomic mass is 10.0. The van der Waals surface area contributed by atoms with Crippen molar-refractivity contribution in [3.63, 3.8) is 0 Å². The van der Waals surface area contributed by atoms with Crippen molar-refractivity contribution in [3.8, 4) is 0 Å². The Morgan fingerprint density at radius 1 is 1.06 bits per heavy atom. The van der Waals surface area contributed by atoms with E-state index in [9.17, 15) is 19.8 Å². The summed E-state index contributed by atoms with van der Waals surface area (Å²) in [5.41, 5.74) is 2.40. The maximum Gasteiger partial charge on any atom is 0.430 e. The minimum absolute atomic E-state index is 0.00135. The summed E-state index contributed by atoms with van der Waals surface area (Å²) in [7, 11) is 1.77. The van der Waals surface area contributed by atoms with Gasteiger partial charge in [0.2, 0.25) is 6.34 Å². The van der Waals surface area contributed by atoms with Crippen LogP contribution in [0, 0.1) is 5.92 Å². The van der Waals surface area contributed by atoms with E-state index in [1.807, 2.05) is 68.4 Å². The number of fused-ring (bicyclic) bond motifs is 1. The van der Waals surface area contributed by atoms with Crippen molar-refractivity contribution in [3.05, 3.63) is 60.2 Å². The van der Waals surface area contributed by atoms with Gasteiger partial charge in [-0.25, -0.2) is 9.59 Å². The van der Waals surface area contributed by atoms with Gasteiger partial charge in [-0.05, 0) is 24.0 Å². The normalized spacial score (nSPS) is 18.8. The lowest BCUT2D eigenvalue weighted by Crippen LogP contribution is -2.59. The fourth-order valence-electron chi connectivity index (χ4n) is 3.99. The number of hydrogen-bond donors (Lipinski definition) is 3. The molecule has 0 aromatic heterocycles. The minimum atomic E-state index is -1.22. The summed E-state index contributed by atoms with van der Waals surface area (Å²) in [5.74, 6) is 0.160. The predicted molar refractivity (Wildman–Crippen MR) is 125 cm³/mol. The highest BCUT2D eigenvalue weighted by Crippen LogP contribution is 2.37. The van der Waals surface area contributed by atoms with Crippen LogP contribution in [0.4, 0.5) is 21.0 Å². The molecule has 0 aliphatic carbocycles. The van der Waals surface area contributed by atoms with Gasteiger partial charge in [0.25, 0.3) is 0 Å². The van der Waals surface area contributed by atoms with E-state index in [0.29, 0.717) is 13.0 Å². The second kappa shape index (κ2) is 9.93. The van der Waals surface area contributed by atoms with Crippen molar-refractivity contribution >= 4 is 29.8 Å². The van der Waals surface area contributed by atoms with Crippen LogP contribution in [0.5, 0.6) is 0 Å². The van der Waals surface area contributed by atoms with Gasteiger partial charge in [-0.2, -0.15) is 9.48 Å². The van der Waals surface area contributed by atoms with Crippen LogP contribution < -0.4 is 9.80 Å². The van der Waals surface area contributed by atoms with E-state index in [4.69, 9.17) is 0 Å². The standard InChI is InChI=1S/C24H30N4O4/c1-17(2)14-27(24(32)28(3)16-25-19-11-7-8-12-21(19)28)15-22(29)20(26-23(30)31)13-18-9-5-4-6-10-18/h4-12,16-17,20,22,26,29H,13-15H2,1-3H3/p+1/t20-,22-,28?/m0/s1. The summed E-state index contributed by atoms with van der Waals surface area (Å²) >= 11 is 0. The molecule has 3 atom stereocenters. The molecule has 2 aromatic rings. The Hall–Kier alpha value is -3.23. The number of aliphatic hydroxyl groups excluding tert-OH is 1. The number of carbonyl (C=O) groups excluding carboxylic acids is 1. The third-order valence-electron chi connectivity index (χ3n) is 5.54. The smallest absolute Gasteiger partial charge is 0.430 e. The van der Waals surface area contributed by atoms with E-state index in [1.54, 1.807) is 18.3 Å². The lowest BCUT2D eigenvalue weighted by molar-refractivity contribution is 0.0796. The van der Waals surface area contributed by atoms with E-state index in [0.717, 1.165) is 16.9 Å². The number of urea groups is 1. The predicted octanol–water partition coefficient (Wildman–Crippen LogP) is 3.61. The molecule has 0 fully saturated rings. The highest BCUT2D eigenvalue weighted by Gasteiger charge is 2.43. The number of rotatable bonds is 8. The van der Waals surface area contributed by atoms with E-state index < -0.39 is 18.2 Å². The molecule has 1 aliphatic rings. The first kappa shape index (κ1) is 23.4. The number of aliphatic hydroxyl groups is 1. The van der Waals surface area contributed by atoms with Crippen LogP contribution in [-0.2, 0) is 6.42 Å². The van der Waals surface area contributed by atoms with E-state index in [1.165, 1.54) is 0 Å². The van der Waals surface area contributed by atoms with Crippen molar-refractivity contribution in [2.24, 2.45) is 10.9 Å². The number of para-hydroxylation sites is 2. The molecular formula is C24H31N4O4+. The average Bonchev–Trinajstić information content (AvgIpc) is 3.10. The summed E-state index contributed by atoms with van der Waals surface area (Å²) in [4.78, 5) is 31.0. The molecular weight excluding hydrogens is 408 g/mol. The molecule has 1 unspecified atom stereocenters. The zero-order valence-corrected chi connectivity index (χ0v) is 18.7. The number of hydrogen-bond acceptors (Lipinski definition) is 4. The highest BCUT2D eigenvalue weighted by atomic mass is 16.4. The number of nitrogens with zero attached hydrogens (tertiary/aromatic N) is 3. The summed E-state index contributed by atoms with van der Waals surface area (Å²) in [6.45, 7) is 4.41. The van der Waals surface area contributed by atoms with E-state index in [-0.39, 0.29) is 23.0 Å². The maximum absolute atomic E-state index is 13.7. The quantitative estimate of drug-likeness (QED) is 0.547. The van der Waals surface area contributed by atoms with Gasteiger partial charge < -0.3 is 15.5 Å². The Bertz CT molecular complexity index is 979. The molecule has 8 heteroatoms. The fraction of sp³-hybridized carbons (Fsp3) is 0.375. The number of benzene rings is 2. The monoisotopic (exact) mass is 439 g/mol. The summed E-state index contributed by atoms with van der Waals surface area (Å²) in [6, 6.07) is 15.8. The van der Waals surface area contributed by atoms with Gasteiger partial charge in [-0.15, -0.1) is 0 Å². The number of carbonyl (C=O) groups is 2. The number of amides is 3. The maximum atomic E-state index is 13.7. The Kier molecular flexibility index (Phi) is 7.27. The van der Waals surface area contributed by atoms with Gasteiger partial charge in [0.1, 0.15) is 5.69 Å². The molecule has 3 amide bonds. The molecule has 1 aliphatic heterocycles. The molecule has 8 nitrogen and oxygen atoms in total. The first-order valence-electron chi connectivity index (χ1n) is 10.7. The molecule has 1 heterocycles. The Morgan fingerprint density at radius 3 is 2.38 bits per heavy atom. The van der Waals surface area contributed by atoms with Gasteiger partial charge in [-0.3, -0.25) is 4.90 Å². The molecule has 2 aromatic carbocycles. The third-order valence-corrected chi connectivity index (χ3v) is 5.54. The molecule has 0 spiro atoms. The summed E-state index contributed by atoms with van der Waals surface area (Å²) in [5, 5.41) is 22.7. The first-order chi connectivity index (χ1) is 15.2. The largest absolute Gasteiger partial charge is 0.465 e. The Balaban J connectivity index is 1.82. The third kappa shape index (κ3) is 5.33. The SMILES string of the molecule is CC(C)CN(C[C@H](O)[C@H](Cc1ccccc1)NC(=O)O)C(=O)[N+]1(C)C=Nc2ccccc21. The van der Waals surface area contributed by atoms with Crippen molar-refractivity contribution in [1.82, 2.24) is 14.7 Å². The van der Waals surface area contributed by atoms with Crippen molar-refractivity contribution in [2.75, 3.05) is 20.1 Å². The Labute approximate surface area is 188 Å². The topological polar surface area (TPSA) is 102 Å². The zero-order chi connectivity index (χ0) is 23.3. The van der Waals surface area contributed by atoms with Crippen LogP contribution in [-0.4, -0.2) is 65.9 Å². The molecule has 0 radical (unpaired) electrons. The molecule has 0 saturated carbocycles.